The number of halogens is 1. The van der Waals surface area contributed by atoms with Gasteiger partial charge in [0.15, 0.2) is 0 Å². The molecule has 2 rings (SSSR count). The molecule has 2 aromatic rings. The van der Waals surface area contributed by atoms with Crippen LogP contribution in [0.15, 0.2) is 40.9 Å². The van der Waals surface area contributed by atoms with E-state index in [4.69, 9.17) is 0 Å². The van der Waals surface area contributed by atoms with Gasteiger partial charge in [-0.25, -0.2) is 0 Å². The van der Waals surface area contributed by atoms with E-state index in [2.05, 4.69) is 79.3 Å². The van der Waals surface area contributed by atoms with Crippen LogP contribution in [-0.4, -0.2) is 0 Å². The third-order valence-corrected chi connectivity index (χ3v) is 4.64. The van der Waals surface area contributed by atoms with E-state index >= 15 is 0 Å². The highest BCUT2D eigenvalue weighted by Crippen LogP contribution is 2.23. The summed E-state index contributed by atoms with van der Waals surface area (Å²) in [4.78, 5) is 0. The molecule has 0 saturated heterocycles. The summed E-state index contributed by atoms with van der Waals surface area (Å²) < 4.78 is 1.16. The van der Waals surface area contributed by atoms with Crippen molar-refractivity contribution in [3.8, 4) is 0 Å². The molecule has 2 aromatic carbocycles. The molecule has 0 aromatic heterocycles. The lowest BCUT2D eigenvalue weighted by Crippen LogP contribution is -2.19. The third-order valence-electron chi connectivity index (χ3n) is 3.92. The monoisotopic (exact) mass is 331 g/mol. The van der Waals surface area contributed by atoms with Crippen LogP contribution < -0.4 is 5.32 Å². The summed E-state index contributed by atoms with van der Waals surface area (Å²) in [5.74, 6) is 0. The maximum atomic E-state index is 3.62. The van der Waals surface area contributed by atoms with Crippen LogP contribution in [0.2, 0.25) is 0 Å². The maximum Gasteiger partial charge on any atom is 0.0306 e. The van der Waals surface area contributed by atoms with Crippen molar-refractivity contribution in [1.82, 2.24) is 5.32 Å². The minimum atomic E-state index is 0.326. The Bertz CT molecular complexity index is 604. The van der Waals surface area contributed by atoms with Gasteiger partial charge in [-0.2, -0.15) is 0 Å². The molecule has 0 amide bonds. The van der Waals surface area contributed by atoms with Crippen LogP contribution in [0.4, 0.5) is 0 Å². The smallest absolute Gasteiger partial charge is 0.0306 e. The molecule has 0 radical (unpaired) electrons. The lowest BCUT2D eigenvalue weighted by molar-refractivity contribution is 0.571. The number of aryl methyl sites for hydroxylation is 3. The molecular formula is C18H22BrN. The second-order valence-corrected chi connectivity index (χ2v) is 6.34. The molecule has 0 aliphatic rings. The normalized spacial score (nSPS) is 12.4. The Balaban J connectivity index is 2.09. The van der Waals surface area contributed by atoms with Crippen molar-refractivity contribution in [2.75, 3.05) is 0 Å². The van der Waals surface area contributed by atoms with Crippen LogP contribution in [-0.2, 0) is 6.54 Å². The van der Waals surface area contributed by atoms with Gasteiger partial charge in [-0.3, -0.25) is 0 Å². The van der Waals surface area contributed by atoms with Gasteiger partial charge in [0, 0.05) is 17.1 Å². The summed E-state index contributed by atoms with van der Waals surface area (Å²) in [7, 11) is 0. The topological polar surface area (TPSA) is 12.0 Å². The van der Waals surface area contributed by atoms with Crippen molar-refractivity contribution in [2.45, 2.75) is 40.3 Å². The summed E-state index contributed by atoms with van der Waals surface area (Å²) in [6, 6.07) is 13.3. The fraction of sp³-hybridized carbons (Fsp3) is 0.333. The second kappa shape index (κ2) is 6.55. The number of benzene rings is 2. The Morgan fingerprint density at radius 2 is 1.65 bits per heavy atom. The molecule has 0 fully saturated rings. The molecule has 1 N–H and O–H groups in total. The Morgan fingerprint density at radius 3 is 2.35 bits per heavy atom. The first kappa shape index (κ1) is 15.3. The highest BCUT2D eigenvalue weighted by molar-refractivity contribution is 9.10. The van der Waals surface area contributed by atoms with E-state index in [0.717, 1.165) is 11.0 Å². The van der Waals surface area contributed by atoms with E-state index < -0.39 is 0 Å². The van der Waals surface area contributed by atoms with Crippen LogP contribution in [0.5, 0.6) is 0 Å². The molecular weight excluding hydrogens is 310 g/mol. The van der Waals surface area contributed by atoms with Gasteiger partial charge in [0.1, 0.15) is 0 Å². The molecule has 0 heterocycles. The highest BCUT2D eigenvalue weighted by Gasteiger charge is 2.09. The first-order valence-electron chi connectivity index (χ1n) is 7.03. The van der Waals surface area contributed by atoms with E-state index in [1.165, 1.54) is 27.8 Å². The SMILES string of the molecule is Cc1cc(C)c(CN[C@H](C)c2ccccc2Br)cc1C. The summed E-state index contributed by atoms with van der Waals surface area (Å²) in [5, 5.41) is 3.61. The lowest BCUT2D eigenvalue weighted by Gasteiger charge is -2.17. The molecule has 20 heavy (non-hydrogen) atoms. The molecule has 0 aliphatic heterocycles. The van der Waals surface area contributed by atoms with Gasteiger partial charge in [0.05, 0.1) is 0 Å². The third kappa shape index (κ3) is 3.50. The van der Waals surface area contributed by atoms with E-state index in [-0.39, 0.29) is 0 Å². The maximum absolute atomic E-state index is 3.62. The Kier molecular flexibility index (Phi) is 5.00. The first-order chi connectivity index (χ1) is 9.49. The van der Waals surface area contributed by atoms with Crippen molar-refractivity contribution in [3.63, 3.8) is 0 Å². The van der Waals surface area contributed by atoms with Gasteiger partial charge in [-0.1, -0.05) is 46.3 Å². The summed E-state index contributed by atoms with van der Waals surface area (Å²) in [6.07, 6.45) is 0. The van der Waals surface area contributed by atoms with E-state index in [0.29, 0.717) is 6.04 Å². The van der Waals surface area contributed by atoms with E-state index in [1.54, 1.807) is 0 Å². The minimum Gasteiger partial charge on any atom is -0.306 e. The fourth-order valence-electron chi connectivity index (χ4n) is 2.41. The minimum absolute atomic E-state index is 0.326. The standard InChI is InChI=1S/C18H22BrN/c1-12-9-14(3)16(10-13(12)2)11-20-15(4)17-7-5-6-8-18(17)19/h5-10,15,20H,11H2,1-4H3/t15-/m1/s1. The lowest BCUT2D eigenvalue weighted by atomic mass is 10.0. The first-order valence-corrected chi connectivity index (χ1v) is 7.83. The van der Waals surface area contributed by atoms with Crippen molar-refractivity contribution in [3.05, 3.63) is 68.7 Å². The zero-order chi connectivity index (χ0) is 14.7. The highest BCUT2D eigenvalue weighted by atomic mass is 79.9. The molecule has 0 spiro atoms. The number of hydrogen-bond donors (Lipinski definition) is 1. The molecule has 0 saturated carbocycles. The van der Waals surface area contributed by atoms with Crippen LogP contribution in [0.3, 0.4) is 0 Å². The Hall–Kier alpha value is -1.12. The van der Waals surface area contributed by atoms with Crippen molar-refractivity contribution >= 4 is 15.9 Å². The molecule has 1 nitrogen and oxygen atoms in total. The number of rotatable bonds is 4. The van der Waals surface area contributed by atoms with Gasteiger partial charge < -0.3 is 5.32 Å². The Labute approximate surface area is 130 Å². The van der Waals surface area contributed by atoms with Crippen LogP contribution in [0, 0.1) is 20.8 Å². The number of hydrogen-bond acceptors (Lipinski definition) is 1. The van der Waals surface area contributed by atoms with Crippen molar-refractivity contribution < 1.29 is 0 Å². The molecule has 106 valence electrons. The Morgan fingerprint density at radius 1 is 1.00 bits per heavy atom. The fourth-order valence-corrected chi connectivity index (χ4v) is 3.04. The molecule has 1 atom stereocenters. The number of nitrogens with one attached hydrogen (secondary N) is 1. The summed E-state index contributed by atoms with van der Waals surface area (Å²) in [5.41, 5.74) is 6.77. The zero-order valence-corrected chi connectivity index (χ0v) is 14.2. The predicted octanol–water partition coefficient (Wildman–Crippen LogP) is 5.23. The van der Waals surface area contributed by atoms with Gasteiger partial charge in [0.25, 0.3) is 0 Å². The van der Waals surface area contributed by atoms with Gasteiger partial charge in [-0.15, -0.1) is 0 Å². The summed E-state index contributed by atoms with van der Waals surface area (Å²) in [6.45, 7) is 9.64. The molecule has 0 unspecified atom stereocenters. The zero-order valence-electron chi connectivity index (χ0n) is 12.6. The van der Waals surface area contributed by atoms with Gasteiger partial charge >= 0.3 is 0 Å². The van der Waals surface area contributed by atoms with E-state index in [9.17, 15) is 0 Å². The quantitative estimate of drug-likeness (QED) is 0.809. The van der Waals surface area contributed by atoms with Crippen molar-refractivity contribution in [1.29, 1.82) is 0 Å². The van der Waals surface area contributed by atoms with Gasteiger partial charge in [0.2, 0.25) is 0 Å². The van der Waals surface area contributed by atoms with Crippen molar-refractivity contribution in [2.24, 2.45) is 0 Å². The van der Waals surface area contributed by atoms with Crippen LogP contribution in [0.25, 0.3) is 0 Å². The average Bonchev–Trinajstić information content (AvgIpc) is 2.41. The predicted molar refractivity (Wildman–Crippen MR) is 90.0 cm³/mol. The largest absolute Gasteiger partial charge is 0.306 e. The van der Waals surface area contributed by atoms with Crippen LogP contribution >= 0.6 is 15.9 Å². The van der Waals surface area contributed by atoms with Gasteiger partial charge in [-0.05, 0) is 61.6 Å². The summed E-state index contributed by atoms with van der Waals surface area (Å²) >= 11 is 3.62. The van der Waals surface area contributed by atoms with E-state index in [1.807, 2.05) is 6.07 Å². The van der Waals surface area contributed by atoms with Crippen LogP contribution in [0.1, 0.15) is 40.8 Å². The molecule has 0 aliphatic carbocycles. The molecule has 0 bridgehead atoms. The molecule has 2 heteroatoms. The average molecular weight is 332 g/mol. The second-order valence-electron chi connectivity index (χ2n) is 5.49.